The second kappa shape index (κ2) is 5.35. The Morgan fingerprint density at radius 3 is 2.39 bits per heavy atom. The van der Waals surface area contributed by atoms with Crippen LogP contribution in [0.2, 0.25) is 0 Å². The van der Waals surface area contributed by atoms with E-state index >= 15 is 0 Å². The van der Waals surface area contributed by atoms with E-state index < -0.39 is 9.84 Å². The standard InChI is InChI=1S/C18H17NO3S/c1-12-8-9-19-16(13(2)20)11-15(17(19)10-12)14-6-4-5-7-18(14)23(3,21)22/h4-11H,1-3H3. The summed E-state index contributed by atoms with van der Waals surface area (Å²) in [5.74, 6) is -0.0630. The monoisotopic (exact) mass is 327 g/mol. The largest absolute Gasteiger partial charge is 0.313 e. The average Bonchev–Trinajstić information content (AvgIpc) is 2.85. The van der Waals surface area contributed by atoms with Gasteiger partial charge in [-0.3, -0.25) is 4.79 Å². The quantitative estimate of drug-likeness (QED) is 0.692. The van der Waals surface area contributed by atoms with Crippen molar-refractivity contribution in [1.29, 1.82) is 0 Å². The number of benzene rings is 1. The molecule has 2 heterocycles. The summed E-state index contributed by atoms with van der Waals surface area (Å²) in [6.07, 6.45) is 3.04. The van der Waals surface area contributed by atoms with Gasteiger partial charge in [-0.15, -0.1) is 0 Å². The Labute approximate surface area is 135 Å². The first-order chi connectivity index (χ1) is 10.8. The maximum absolute atomic E-state index is 12.1. The molecule has 0 saturated carbocycles. The number of fused-ring (bicyclic) bond motifs is 1. The molecule has 3 rings (SSSR count). The van der Waals surface area contributed by atoms with Crippen LogP contribution in [0.15, 0.2) is 53.6 Å². The van der Waals surface area contributed by atoms with Crippen molar-refractivity contribution in [1.82, 2.24) is 4.40 Å². The molecule has 23 heavy (non-hydrogen) atoms. The third kappa shape index (κ3) is 2.68. The van der Waals surface area contributed by atoms with Gasteiger partial charge in [0.1, 0.15) is 0 Å². The molecule has 0 aliphatic rings. The maximum Gasteiger partial charge on any atom is 0.176 e. The molecule has 0 saturated heterocycles. The van der Waals surface area contributed by atoms with Crippen LogP contribution in [0.1, 0.15) is 23.0 Å². The first-order valence-corrected chi connectivity index (χ1v) is 9.10. The molecule has 0 N–H and O–H groups in total. The van der Waals surface area contributed by atoms with E-state index in [0.29, 0.717) is 11.3 Å². The lowest BCUT2D eigenvalue weighted by atomic mass is 10.1. The van der Waals surface area contributed by atoms with Crippen LogP contribution in [0, 0.1) is 6.92 Å². The van der Waals surface area contributed by atoms with Gasteiger partial charge in [-0.1, -0.05) is 18.2 Å². The molecule has 0 aliphatic carbocycles. The number of pyridine rings is 1. The zero-order valence-electron chi connectivity index (χ0n) is 13.2. The third-order valence-electron chi connectivity index (χ3n) is 3.86. The van der Waals surface area contributed by atoms with E-state index in [2.05, 4.69) is 0 Å². The van der Waals surface area contributed by atoms with E-state index in [1.165, 1.54) is 13.2 Å². The predicted molar refractivity (Wildman–Crippen MR) is 90.7 cm³/mol. The summed E-state index contributed by atoms with van der Waals surface area (Å²) in [5, 5.41) is 0. The second-order valence-corrected chi connectivity index (χ2v) is 7.71. The minimum Gasteiger partial charge on any atom is -0.313 e. The first-order valence-electron chi connectivity index (χ1n) is 7.21. The SMILES string of the molecule is CC(=O)c1cc(-c2ccccc2S(C)(=O)=O)c2cc(C)ccn12. The Morgan fingerprint density at radius 2 is 1.74 bits per heavy atom. The Hall–Kier alpha value is -2.40. The van der Waals surface area contributed by atoms with Crippen molar-refractivity contribution in [2.75, 3.05) is 6.26 Å². The van der Waals surface area contributed by atoms with Crippen LogP contribution >= 0.6 is 0 Å². The van der Waals surface area contributed by atoms with Gasteiger partial charge in [0.25, 0.3) is 0 Å². The van der Waals surface area contributed by atoms with Crippen molar-refractivity contribution < 1.29 is 13.2 Å². The third-order valence-corrected chi connectivity index (χ3v) is 5.02. The van der Waals surface area contributed by atoms with Gasteiger partial charge in [0.2, 0.25) is 0 Å². The molecule has 0 atom stereocenters. The molecule has 0 spiro atoms. The summed E-state index contributed by atoms with van der Waals surface area (Å²) in [6, 6.07) is 12.5. The zero-order valence-corrected chi connectivity index (χ0v) is 14.0. The fraction of sp³-hybridized carbons (Fsp3) is 0.167. The normalized spacial score (nSPS) is 11.8. The van der Waals surface area contributed by atoms with Crippen molar-refractivity contribution in [3.05, 3.63) is 59.9 Å². The molecular formula is C18H17NO3S. The molecule has 0 bridgehead atoms. The van der Waals surface area contributed by atoms with Gasteiger partial charge in [-0.25, -0.2) is 8.42 Å². The molecule has 0 fully saturated rings. The van der Waals surface area contributed by atoms with E-state index in [9.17, 15) is 13.2 Å². The Balaban J connectivity index is 2.43. The van der Waals surface area contributed by atoms with Gasteiger partial charge in [-0.05, 0) is 36.8 Å². The number of sulfone groups is 1. The van der Waals surface area contributed by atoms with E-state index in [-0.39, 0.29) is 10.7 Å². The summed E-state index contributed by atoms with van der Waals surface area (Å²) in [5.41, 5.74) is 3.78. The molecule has 0 unspecified atom stereocenters. The molecule has 5 heteroatoms. The highest BCUT2D eigenvalue weighted by Gasteiger charge is 2.19. The molecule has 4 nitrogen and oxygen atoms in total. The van der Waals surface area contributed by atoms with Crippen molar-refractivity contribution >= 4 is 21.1 Å². The summed E-state index contributed by atoms with van der Waals surface area (Å²) in [7, 11) is -3.37. The van der Waals surface area contributed by atoms with Crippen LogP contribution in [0.25, 0.3) is 16.6 Å². The van der Waals surface area contributed by atoms with Gasteiger partial charge in [0.05, 0.1) is 16.1 Å². The lowest BCUT2D eigenvalue weighted by Gasteiger charge is -2.07. The number of nitrogens with zero attached hydrogens (tertiary/aromatic N) is 1. The summed E-state index contributed by atoms with van der Waals surface area (Å²) in [6.45, 7) is 3.47. The van der Waals surface area contributed by atoms with Gasteiger partial charge < -0.3 is 4.40 Å². The number of aryl methyl sites for hydroxylation is 1. The molecule has 2 aromatic heterocycles. The van der Waals surface area contributed by atoms with Gasteiger partial charge in [-0.2, -0.15) is 0 Å². The van der Waals surface area contributed by atoms with E-state index in [1.807, 2.05) is 29.7 Å². The average molecular weight is 327 g/mol. The fourth-order valence-electron chi connectivity index (χ4n) is 2.80. The molecule has 0 radical (unpaired) electrons. The highest BCUT2D eigenvalue weighted by Crippen LogP contribution is 2.33. The minimum absolute atomic E-state index is 0.0630. The molecule has 0 aliphatic heterocycles. The molecular weight excluding hydrogens is 310 g/mol. The second-order valence-electron chi connectivity index (χ2n) is 5.73. The van der Waals surface area contributed by atoms with Gasteiger partial charge in [0.15, 0.2) is 15.6 Å². The van der Waals surface area contributed by atoms with Crippen molar-refractivity contribution in [2.45, 2.75) is 18.7 Å². The van der Waals surface area contributed by atoms with Crippen LogP contribution in [0.4, 0.5) is 0 Å². The topological polar surface area (TPSA) is 55.6 Å². The van der Waals surface area contributed by atoms with E-state index in [4.69, 9.17) is 0 Å². The van der Waals surface area contributed by atoms with Crippen LogP contribution in [-0.2, 0) is 9.84 Å². The summed E-state index contributed by atoms with van der Waals surface area (Å²) < 4.78 is 26.0. The Morgan fingerprint density at radius 1 is 1.04 bits per heavy atom. The van der Waals surface area contributed by atoms with Crippen molar-refractivity contribution in [2.24, 2.45) is 0 Å². The molecule has 3 aromatic rings. The molecule has 1 aromatic carbocycles. The zero-order chi connectivity index (χ0) is 16.8. The van der Waals surface area contributed by atoms with Gasteiger partial charge >= 0.3 is 0 Å². The summed E-state index contributed by atoms with van der Waals surface area (Å²) in [4.78, 5) is 12.2. The van der Waals surface area contributed by atoms with Crippen LogP contribution in [0.5, 0.6) is 0 Å². The number of hydrogen-bond acceptors (Lipinski definition) is 3. The minimum atomic E-state index is -3.37. The Kier molecular flexibility index (Phi) is 3.60. The number of carbonyl (C=O) groups excluding carboxylic acids is 1. The van der Waals surface area contributed by atoms with Crippen LogP contribution in [-0.4, -0.2) is 24.9 Å². The lowest BCUT2D eigenvalue weighted by Crippen LogP contribution is -1.99. The number of carbonyl (C=O) groups is 1. The van der Waals surface area contributed by atoms with Gasteiger partial charge in [0, 0.05) is 30.5 Å². The first kappa shape index (κ1) is 15.5. The molecule has 118 valence electrons. The number of hydrogen-bond donors (Lipinski definition) is 0. The van der Waals surface area contributed by atoms with Crippen LogP contribution in [0.3, 0.4) is 0 Å². The number of rotatable bonds is 3. The van der Waals surface area contributed by atoms with Crippen molar-refractivity contribution in [3.63, 3.8) is 0 Å². The number of ketones is 1. The number of Topliss-reactive ketones (excluding diaryl/α,β-unsaturated/α-hetero) is 1. The maximum atomic E-state index is 12.1. The highest BCUT2D eigenvalue weighted by atomic mass is 32.2. The van der Waals surface area contributed by atoms with E-state index in [0.717, 1.165) is 16.6 Å². The lowest BCUT2D eigenvalue weighted by molar-refractivity contribution is 0.101. The molecule has 0 amide bonds. The van der Waals surface area contributed by atoms with Crippen LogP contribution < -0.4 is 0 Å². The Bertz CT molecular complexity index is 1030. The van der Waals surface area contributed by atoms with E-state index in [1.54, 1.807) is 30.3 Å². The fourth-order valence-corrected chi connectivity index (χ4v) is 3.71. The number of aromatic nitrogens is 1. The summed E-state index contributed by atoms with van der Waals surface area (Å²) >= 11 is 0. The predicted octanol–water partition coefficient (Wildman–Crippen LogP) is 3.52. The highest BCUT2D eigenvalue weighted by molar-refractivity contribution is 7.90. The van der Waals surface area contributed by atoms with Crippen molar-refractivity contribution in [3.8, 4) is 11.1 Å². The smallest absolute Gasteiger partial charge is 0.176 e.